The molecule has 0 aliphatic heterocycles. The number of benzene rings is 2. The smallest absolute Gasteiger partial charge is 0.471 e. The van der Waals surface area contributed by atoms with E-state index in [-0.39, 0.29) is 10.1 Å². The molecular weight excluding hydrogens is 412 g/mol. The quantitative estimate of drug-likeness (QED) is 0.447. The van der Waals surface area contributed by atoms with Gasteiger partial charge in [-0.3, -0.25) is 0 Å². The van der Waals surface area contributed by atoms with Crippen molar-refractivity contribution in [2.24, 2.45) is 0 Å². The molecule has 0 aliphatic rings. The van der Waals surface area contributed by atoms with Gasteiger partial charge in [-0.15, -0.1) is 0 Å². The van der Waals surface area contributed by atoms with Crippen molar-refractivity contribution in [3.05, 3.63) is 36.4 Å². The number of hydrogen-bond donors (Lipinski definition) is 0. The maximum Gasteiger partial charge on any atom is 0.471 e. The highest BCUT2D eigenvalue weighted by Crippen LogP contribution is 2.53. The Hall–Kier alpha value is -2.54. The van der Waals surface area contributed by atoms with Gasteiger partial charge in [0, 0.05) is 22.2 Å². The summed E-state index contributed by atoms with van der Waals surface area (Å²) in [7, 11) is 3.45. The van der Waals surface area contributed by atoms with Crippen LogP contribution in [-0.2, 0) is 0 Å². The number of ether oxygens (including phenoxy) is 4. The fourth-order valence-corrected chi connectivity index (χ4v) is 8.28. The molecule has 6 nitrogen and oxygen atoms in total. The van der Waals surface area contributed by atoms with Crippen molar-refractivity contribution < 1.29 is 27.8 Å². The predicted molar refractivity (Wildman–Crippen MR) is 126 cm³/mol. The molecule has 0 spiro atoms. The third kappa shape index (κ3) is 5.03. The third-order valence-corrected chi connectivity index (χ3v) is 10.2. The molecule has 0 fully saturated rings. The van der Waals surface area contributed by atoms with E-state index < -0.39 is 8.56 Å². The minimum Gasteiger partial charge on any atom is -0.511 e. The van der Waals surface area contributed by atoms with Gasteiger partial charge < -0.3 is 27.8 Å². The molecule has 0 unspecified atom stereocenters. The zero-order valence-electron chi connectivity index (χ0n) is 20.4. The Morgan fingerprint density at radius 3 is 1.10 bits per heavy atom. The van der Waals surface area contributed by atoms with Crippen LogP contribution in [0.5, 0.6) is 34.5 Å². The van der Waals surface area contributed by atoms with Crippen LogP contribution < -0.4 is 27.8 Å². The van der Waals surface area contributed by atoms with E-state index in [2.05, 4.69) is 41.5 Å². The first kappa shape index (κ1) is 24.7. The van der Waals surface area contributed by atoms with E-state index in [0.29, 0.717) is 34.5 Å². The minimum atomic E-state index is -3.00. The average molecular weight is 449 g/mol. The van der Waals surface area contributed by atoms with Crippen LogP contribution in [0, 0.1) is 0 Å². The second kappa shape index (κ2) is 9.30. The standard InChI is InChI=1S/C24H36O6Si/c1-23(2,3)31(24(4,5)6,29-17-11-13-19(25-7)21(15-17)27-9)30-18-12-14-20(26-8)22(16-18)28-10/h11-16H,1-10H3. The highest BCUT2D eigenvalue weighted by atomic mass is 28.4. The summed E-state index contributed by atoms with van der Waals surface area (Å²) in [4.78, 5) is 0. The molecule has 0 aliphatic carbocycles. The van der Waals surface area contributed by atoms with Gasteiger partial charge in [0.25, 0.3) is 0 Å². The SMILES string of the molecule is COc1ccc(O[Si](Oc2ccc(OC)c(OC)c2)(C(C)(C)C)C(C)(C)C)cc1OC. The van der Waals surface area contributed by atoms with Crippen molar-refractivity contribution >= 4 is 8.56 Å². The van der Waals surface area contributed by atoms with Crippen LogP contribution in [0.15, 0.2) is 36.4 Å². The summed E-state index contributed by atoms with van der Waals surface area (Å²) in [5.74, 6) is 3.86. The lowest BCUT2D eigenvalue weighted by Gasteiger charge is -2.48. The molecule has 2 aromatic carbocycles. The molecule has 7 heteroatoms. The zero-order chi connectivity index (χ0) is 23.4. The second-order valence-corrected chi connectivity index (χ2v) is 14.0. The van der Waals surface area contributed by atoms with Crippen LogP contribution in [0.4, 0.5) is 0 Å². The van der Waals surface area contributed by atoms with Crippen molar-refractivity contribution in [1.82, 2.24) is 0 Å². The van der Waals surface area contributed by atoms with Crippen molar-refractivity contribution in [2.75, 3.05) is 28.4 Å². The summed E-state index contributed by atoms with van der Waals surface area (Å²) in [6.45, 7) is 13.0. The van der Waals surface area contributed by atoms with Gasteiger partial charge in [-0.2, -0.15) is 0 Å². The lowest BCUT2D eigenvalue weighted by molar-refractivity contribution is 0.290. The van der Waals surface area contributed by atoms with E-state index in [1.54, 1.807) is 28.4 Å². The van der Waals surface area contributed by atoms with Gasteiger partial charge in [0.1, 0.15) is 11.5 Å². The summed E-state index contributed by atoms with van der Waals surface area (Å²) in [5, 5.41) is -0.544. The Bertz CT molecular complexity index is 809. The summed E-state index contributed by atoms with van der Waals surface area (Å²) in [5.41, 5.74) is 0. The Balaban J connectivity index is 2.60. The lowest BCUT2D eigenvalue weighted by atomic mass is 10.2. The van der Waals surface area contributed by atoms with Crippen LogP contribution in [-0.4, -0.2) is 37.0 Å². The summed E-state index contributed by atoms with van der Waals surface area (Å²) in [6, 6.07) is 11.1. The molecule has 172 valence electrons. The zero-order valence-corrected chi connectivity index (χ0v) is 21.4. The number of hydrogen-bond acceptors (Lipinski definition) is 6. The lowest BCUT2D eigenvalue weighted by Crippen LogP contribution is -2.62. The van der Waals surface area contributed by atoms with Crippen molar-refractivity contribution in [1.29, 1.82) is 0 Å². The van der Waals surface area contributed by atoms with Gasteiger partial charge in [0.05, 0.1) is 28.4 Å². The first-order valence-corrected chi connectivity index (χ1v) is 12.1. The average Bonchev–Trinajstić information content (AvgIpc) is 2.71. The molecule has 0 atom stereocenters. The van der Waals surface area contributed by atoms with Crippen LogP contribution in [0.2, 0.25) is 10.1 Å². The van der Waals surface area contributed by atoms with E-state index in [0.717, 1.165) is 0 Å². The van der Waals surface area contributed by atoms with E-state index in [9.17, 15) is 0 Å². The molecule has 0 bridgehead atoms. The van der Waals surface area contributed by atoms with Crippen molar-refractivity contribution in [3.8, 4) is 34.5 Å². The molecule has 0 amide bonds. The van der Waals surface area contributed by atoms with E-state index in [1.165, 1.54) is 0 Å². The summed E-state index contributed by atoms with van der Waals surface area (Å²) >= 11 is 0. The molecule has 31 heavy (non-hydrogen) atoms. The van der Waals surface area contributed by atoms with Crippen LogP contribution in [0.3, 0.4) is 0 Å². The van der Waals surface area contributed by atoms with Gasteiger partial charge >= 0.3 is 8.56 Å². The molecule has 0 N–H and O–H groups in total. The molecular formula is C24H36O6Si. The fourth-order valence-electron chi connectivity index (χ4n) is 3.85. The highest BCUT2D eigenvalue weighted by molar-refractivity contribution is 6.74. The summed E-state index contributed by atoms with van der Waals surface area (Å²) in [6.07, 6.45) is 0. The molecule has 2 rings (SSSR count). The van der Waals surface area contributed by atoms with Crippen LogP contribution in [0.1, 0.15) is 41.5 Å². The fraction of sp³-hybridized carbons (Fsp3) is 0.500. The Morgan fingerprint density at radius 1 is 0.516 bits per heavy atom. The second-order valence-electron chi connectivity index (χ2n) is 9.35. The van der Waals surface area contributed by atoms with Gasteiger partial charge in [0.2, 0.25) is 0 Å². The van der Waals surface area contributed by atoms with Gasteiger partial charge in [0.15, 0.2) is 23.0 Å². The van der Waals surface area contributed by atoms with E-state index in [1.807, 2.05) is 36.4 Å². The van der Waals surface area contributed by atoms with Gasteiger partial charge in [-0.05, 0) is 24.3 Å². The third-order valence-electron chi connectivity index (χ3n) is 5.21. The normalized spacial score (nSPS) is 12.2. The highest BCUT2D eigenvalue weighted by Gasteiger charge is 2.62. The Kier molecular flexibility index (Phi) is 7.42. The van der Waals surface area contributed by atoms with Crippen molar-refractivity contribution in [3.63, 3.8) is 0 Å². The molecule has 0 aromatic heterocycles. The van der Waals surface area contributed by atoms with E-state index >= 15 is 0 Å². The molecule has 0 saturated heterocycles. The first-order valence-electron chi connectivity index (χ1n) is 10.2. The topological polar surface area (TPSA) is 55.4 Å². The van der Waals surface area contributed by atoms with Crippen molar-refractivity contribution in [2.45, 2.75) is 51.6 Å². The Morgan fingerprint density at radius 2 is 0.839 bits per heavy atom. The number of methoxy groups -OCH3 is 4. The predicted octanol–water partition coefficient (Wildman–Crippen LogP) is 6.22. The molecule has 0 heterocycles. The summed E-state index contributed by atoms with van der Waals surface area (Å²) < 4.78 is 35.3. The first-order chi connectivity index (χ1) is 14.4. The monoisotopic (exact) mass is 448 g/mol. The maximum absolute atomic E-state index is 6.82. The molecule has 2 aromatic rings. The van der Waals surface area contributed by atoms with Gasteiger partial charge in [-0.1, -0.05) is 41.5 Å². The molecule has 0 radical (unpaired) electrons. The van der Waals surface area contributed by atoms with Crippen LogP contribution >= 0.6 is 0 Å². The maximum atomic E-state index is 6.82. The molecule has 0 saturated carbocycles. The van der Waals surface area contributed by atoms with Crippen LogP contribution in [0.25, 0.3) is 0 Å². The van der Waals surface area contributed by atoms with E-state index in [4.69, 9.17) is 27.8 Å². The largest absolute Gasteiger partial charge is 0.511 e. The number of rotatable bonds is 8. The Labute approximate surface area is 187 Å². The van der Waals surface area contributed by atoms with Gasteiger partial charge in [-0.25, -0.2) is 0 Å². The minimum absolute atomic E-state index is 0.272.